The van der Waals surface area contributed by atoms with E-state index in [1.165, 1.54) is 12.2 Å². The van der Waals surface area contributed by atoms with Crippen molar-refractivity contribution < 1.29 is 19.1 Å². The maximum Gasteiger partial charge on any atom is 0.336 e. The molecule has 0 saturated heterocycles. The molecule has 0 atom stereocenters. The molecule has 0 aliphatic rings. The molecule has 3 rings (SSSR count). The van der Waals surface area contributed by atoms with Crippen molar-refractivity contribution in [1.29, 1.82) is 0 Å². The molecule has 30 heavy (non-hydrogen) atoms. The molecule has 0 N–H and O–H groups in total. The Bertz CT molecular complexity index is 1030. The van der Waals surface area contributed by atoms with Crippen LogP contribution in [0.1, 0.15) is 28.4 Å². The van der Waals surface area contributed by atoms with Gasteiger partial charge in [-0.05, 0) is 66.6 Å². The maximum absolute atomic E-state index is 12.3. The quantitative estimate of drug-likeness (QED) is 0.214. The van der Waals surface area contributed by atoms with Gasteiger partial charge in [-0.15, -0.1) is 0 Å². The zero-order valence-electron chi connectivity index (χ0n) is 16.7. The predicted molar refractivity (Wildman–Crippen MR) is 119 cm³/mol. The lowest BCUT2D eigenvalue weighted by atomic mass is 10.1. The molecular formula is C26H22O4. The van der Waals surface area contributed by atoms with Gasteiger partial charge >= 0.3 is 5.97 Å². The van der Waals surface area contributed by atoms with Gasteiger partial charge in [0.25, 0.3) is 0 Å². The maximum atomic E-state index is 12.3. The minimum Gasteiger partial charge on any atom is -0.494 e. The number of ketones is 1. The molecule has 0 radical (unpaired) electrons. The van der Waals surface area contributed by atoms with E-state index in [2.05, 4.69) is 0 Å². The van der Waals surface area contributed by atoms with Gasteiger partial charge in [-0.3, -0.25) is 4.79 Å². The monoisotopic (exact) mass is 398 g/mol. The normalized spacial score (nSPS) is 11.0. The Labute approximate surface area is 176 Å². The number of hydrogen-bond acceptors (Lipinski definition) is 4. The average molecular weight is 398 g/mol. The molecule has 0 aromatic heterocycles. The number of esters is 1. The van der Waals surface area contributed by atoms with E-state index >= 15 is 0 Å². The molecular weight excluding hydrogens is 376 g/mol. The number of benzene rings is 3. The first kappa shape index (κ1) is 20.8. The van der Waals surface area contributed by atoms with Crippen LogP contribution in [0.25, 0.3) is 12.2 Å². The van der Waals surface area contributed by atoms with Crippen LogP contribution in [0.4, 0.5) is 0 Å². The van der Waals surface area contributed by atoms with E-state index in [1.54, 1.807) is 36.4 Å². The van der Waals surface area contributed by atoms with E-state index in [4.69, 9.17) is 9.47 Å². The largest absolute Gasteiger partial charge is 0.494 e. The molecule has 4 heteroatoms. The van der Waals surface area contributed by atoms with Crippen molar-refractivity contribution in [3.63, 3.8) is 0 Å². The third-order valence-corrected chi connectivity index (χ3v) is 4.19. The van der Waals surface area contributed by atoms with E-state index < -0.39 is 5.97 Å². The highest BCUT2D eigenvalue weighted by Gasteiger charge is 2.05. The van der Waals surface area contributed by atoms with Crippen LogP contribution in [0.5, 0.6) is 11.5 Å². The summed E-state index contributed by atoms with van der Waals surface area (Å²) in [5, 5.41) is 0. The molecule has 0 bridgehead atoms. The minimum absolute atomic E-state index is 0.134. The Morgan fingerprint density at radius 3 is 2.00 bits per heavy atom. The van der Waals surface area contributed by atoms with Gasteiger partial charge in [0.2, 0.25) is 0 Å². The van der Waals surface area contributed by atoms with Gasteiger partial charge in [0.05, 0.1) is 6.61 Å². The standard InChI is InChI=1S/C26H22O4/c1-2-29-23-14-8-21(9-15-23)10-18-25(27)22-12-16-24(17-13-22)30-26(28)19-11-20-6-4-3-5-7-20/h3-19H,2H2,1H3/b18-10+,19-11+. The molecule has 0 amide bonds. The molecule has 3 aromatic carbocycles. The molecule has 4 nitrogen and oxygen atoms in total. The van der Waals surface area contributed by atoms with Crippen LogP contribution in [-0.4, -0.2) is 18.4 Å². The highest BCUT2D eigenvalue weighted by atomic mass is 16.5. The topological polar surface area (TPSA) is 52.6 Å². The molecule has 0 heterocycles. The van der Waals surface area contributed by atoms with Crippen LogP contribution < -0.4 is 9.47 Å². The molecule has 0 fully saturated rings. The van der Waals surface area contributed by atoms with Gasteiger partial charge in [0, 0.05) is 11.6 Å². The Kier molecular flexibility index (Phi) is 7.34. The smallest absolute Gasteiger partial charge is 0.336 e. The van der Waals surface area contributed by atoms with Crippen LogP contribution in [-0.2, 0) is 4.79 Å². The minimum atomic E-state index is -0.478. The summed E-state index contributed by atoms with van der Waals surface area (Å²) < 4.78 is 10.7. The second-order valence-corrected chi connectivity index (χ2v) is 6.39. The van der Waals surface area contributed by atoms with Gasteiger partial charge in [-0.1, -0.05) is 48.5 Å². The molecule has 0 aliphatic heterocycles. The second-order valence-electron chi connectivity index (χ2n) is 6.39. The van der Waals surface area contributed by atoms with E-state index in [0.29, 0.717) is 17.9 Å². The highest BCUT2D eigenvalue weighted by molar-refractivity contribution is 6.06. The fourth-order valence-corrected chi connectivity index (χ4v) is 2.68. The molecule has 0 unspecified atom stereocenters. The van der Waals surface area contributed by atoms with Crippen molar-refractivity contribution in [3.05, 3.63) is 108 Å². The lowest BCUT2D eigenvalue weighted by Gasteiger charge is -2.03. The molecule has 0 saturated carbocycles. The summed E-state index contributed by atoms with van der Waals surface area (Å²) in [6.45, 7) is 2.54. The van der Waals surface area contributed by atoms with Crippen molar-refractivity contribution in [2.24, 2.45) is 0 Å². The number of rotatable bonds is 8. The Morgan fingerprint density at radius 1 is 0.733 bits per heavy atom. The first-order valence-electron chi connectivity index (χ1n) is 9.64. The summed E-state index contributed by atoms with van der Waals surface area (Å²) in [5.74, 6) is 0.563. The van der Waals surface area contributed by atoms with Gasteiger partial charge < -0.3 is 9.47 Å². The Balaban J connectivity index is 1.56. The van der Waals surface area contributed by atoms with Crippen LogP contribution in [0.3, 0.4) is 0 Å². The summed E-state index contributed by atoms with van der Waals surface area (Å²) in [6, 6.07) is 23.5. The highest BCUT2D eigenvalue weighted by Crippen LogP contribution is 2.16. The van der Waals surface area contributed by atoms with E-state index in [-0.39, 0.29) is 5.78 Å². The van der Waals surface area contributed by atoms with E-state index in [1.807, 2.05) is 61.5 Å². The summed E-state index contributed by atoms with van der Waals surface area (Å²) in [4.78, 5) is 24.3. The molecule has 0 aliphatic carbocycles. The first-order chi connectivity index (χ1) is 14.6. The van der Waals surface area contributed by atoms with Crippen molar-refractivity contribution in [2.45, 2.75) is 6.92 Å². The number of allylic oxidation sites excluding steroid dienone is 1. The summed E-state index contributed by atoms with van der Waals surface area (Å²) in [5.41, 5.74) is 2.33. The van der Waals surface area contributed by atoms with Crippen LogP contribution in [0.2, 0.25) is 0 Å². The fraction of sp³-hybridized carbons (Fsp3) is 0.0769. The number of ether oxygens (including phenoxy) is 2. The SMILES string of the molecule is CCOc1ccc(/C=C/C(=O)c2ccc(OC(=O)/C=C/c3ccccc3)cc2)cc1. The van der Waals surface area contributed by atoms with E-state index in [9.17, 15) is 9.59 Å². The third kappa shape index (κ3) is 6.31. The molecule has 150 valence electrons. The Morgan fingerprint density at radius 2 is 1.33 bits per heavy atom. The zero-order valence-corrected chi connectivity index (χ0v) is 16.7. The third-order valence-electron chi connectivity index (χ3n) is 4.19. The van der Waals surface area contributed by atoms with Crippen LogP contribution in [0, 0.1) is 0 Å². The zero-order chi connectivity index (χ0) is 21.2. The molecule has 3 aromatic rings. The lowest BCUT2D eigenvalue weighted by molar-refractivity contribution is -0.128. The van der Waals surface area contributed by atoms with E-state index in [0.717, 1.165) is 16.9 Å². The van der Waals surface area contributed by atoms with Gasteiger partial charge in [0.1, 0.15) is 11.5 Å². The first-order valence-corrected chi connectivity index (χ1v) is 9.64. The number of hydrogen-bond donors (Lipinski definition) is 0. The van der Waals surface area contributed by atoms with Crippen LogP contribution in [0.15, 0.2) is 91.0 Å². The van der Waals surface area contributed by atoms with Crippen molar-refractivity contribution >= 4 is 23.9 Å². The van der Waals surface area contributed by atoms with Gasteiger partial charge in [-0.2, -0.15) is 0 Å². The number of carbonyl (C=O) groups excluding carboxylic acids is 2. The molecule has 0 spiro atoms. The predicted octanol–water partition coefficient (Wildman–Crippen LogP) is 5.60. The lowest BCUT2D eigenvalue weighted by Crippen LogP contribution is -2.04. The second kappa shape index (κ2) is 10.6. The summed E-state index contributed by atoms with van der Waals surface area (Å²) >= 11 is 0. The fourth-order valence-electron chi connectivity index (χ4n) is 2.68. The van der Waals surface area contributed by atoms with Gasteiger partial charge in [-0.25, -0.2) is 4.79 Å². The number of carbonyl (C=O) groups is 2. The summed E-state index contributed by atoms with van der Waals surface area (Å²) in [7, 11) is 0. The van der Waals surface area contributed by atoms with Crippen molar-refractivity contribution in [2.75, 3.05) is 6.61 Å². The van der Waals surface area contributed by atoms with Crippen LogP contribution >= 0.6 is 0 Å². The summed E-state index contributed by atoms with van der Waals surface area (Å²) in [6.07, 6.45) is 6.32. The van der Waals surface area contributed by atoms with Gasteiger partial charge in [0.15, 0.2) is 5.78 Å². The average Bonchev–Trinajstić information content (AvgIpc) is 2.78. The Hall–Kier alpha value is -3.92. The van der Waals surface area contributed by atoms with Crippen molar-refractivity contribution in [1.82, 2.24) is 0 Å². The van der Waals surface area contributed by atoms with Crippen molar-refractivity contribution in [3.8, 4) is 11.5 Å².